The molecule has 0 atom stereocenters. The number of halogens is 1. The normalized spacial score (nSPS) is 13.7. The minimum atomic E-state index is -1.00. The van der Waals surface area contributed by atoms with Gasteiger partial charge in [0.05, 0.1) is 11.4 Å². The Morgan fingerprint density at radius 2 is 2.25 bits per heavy atom. The number of nitrogens with one attached hydrogen (secondary N) is 2. The first-order chi connectivity index (χ1) is 5.27. The van der Waals surface area contributed by atoms with Crippen LogP contribution in [0, 0.1) is 0 Å². The quantitative estimate of drug-likeness (QED) is 0.587. The van der Waals surface area contributed by atoms with Crippen molar-refractivity contribution in [2.24, 2.45) is 0 Å². The van der Waals surface area contributed by atoms with Crippen LogP contribution in [0.2, 0.25) is 0 Å². The highest BCUT2D eigenvalue weighted by Gasteiger charge is 2.17. The van der Waals surface area contributed by atoms with E-state index in [0.29, 0.717) is 13.1 Å². The predicted molar refractivity (Wildman–Crippen MR) is 43.3 cm³/mol. The van der Waals surface area contributed by atoms with Crippen molar-refractivity contribution in [2.75, 3.05) is 0 Å². The summed E-state index contributed by atoms with van der Waals surface area (Å²) in [5, 5.41) is 11.6. The van der Waals surface area contributed by atoms with E-state index in [-0.39, 0.29) is 18.2 Å². The Morgan fingerprint density at radius 1 is 1.50 bits per heavy atom. The maximum Gasteiger partial charge on any atom is 0.371 e. The molecule has 0 spiro atoms. The Morgan fingerprint density at radius 3 is 2.83 bits per heavy atom. The summed E-state index contributed by atoms with van der Waals surface area (Å²) in [5.74, 6) is -0.962. The molecule has 0 saturated heterocycles. The van der Waals surface area contributed by atoms with E-state index >= 15 is 0 Å². The van der Waals surface area contributed by atoms with Crippen LogP contribution in [0.3, 0.4) is 0 Å². The monoisotopic (exact) mass is 189 g/mol. The molecular weight excluding hydrogens is 182 g/mol. The number of nitrogens with zero attached hydrogens (tertiary/aromatic N) is 1. The molecular formula is C6H8ClN3O2. The molecule has 2 heterocycles. The number of hydrogen-bond donors (Lipinski definition) is 3. The molecule has 5 nitrogen and oxygen atoms in total. The topological polar surface area (TPSA) is 78.0 Å². The minimum Gasteiger partial charge on any atom is -0.475 e. The highest BCUT2D eigenvalue weighted by Crippen LogP contribution is 2.11. The highest BCUT2D eigenvalue weighted by atomic mass is 35.5. The second-order valence-corrected chi connectivity index (χ2v) is 2.42. The lowest BCUT2D eigenvalue weighted by molar-refractivity contribution is 0.0684. The smallest absolute Gasteiger partial charge is 0.371 e. The predicted octanol–water partition coefficient (Wildman–Crippen LogP) is 0.133. The zero-order valence-corrected chi connectivity index (χ0v) is 6.94. The number of carbonyl (C=O) groups is 1. The molecule has 1 aliphatic rings. The molecule has 3 N–H and O–H groups in total. The van der Waals surface area contributed by atoms with Crippen molar-refractivity contribution in [2.45, 2.75) is 13.1 Å². The molecule has 2 rings (SSSR count). The van der Waals surface area contributed by atoms with Crippen molar-refractivity contribution in [3.05, 3.63) is 17.2 Å². The van der Waals surface area contributed by atoms with E-state index in [2.05, 4.69) is 15.3 Å². The van der Waals surface area contributed by atoms with Crippen molar-refractivity contribution < 1.29 is 9.90 Å². The van der Waals surface area contributed by atoms with Crippen LogP contribution in [0.1, 0.15) is 22.0 Å². The summed E-state index contributed by atoms with van der Waals surface area (Å²) in [6.45, 7) is 1.36. The van der Waals surface area contributed by atoms with Gasteiger partial charge in [-0.05, 0) is 0 Å². The van der Waals surface area contributed by atoms with Gasteiger partial charge in [0.15, 0.2) is 0 Å². The molecule has 0 aromatic carbocycles. The van der Waals surface area contributed by atoms with Gasteiger partial charge in [0, 0.05) is 13.1 Å². The van der Waals surface area contributed by atoms with Gasteiger partial charge in [-0.15, -0.1) is 12.4 Å². The van der Waals surface area contributed by atoms with E-state index < -0.39 is 5.97 Å². The van der Waals surface area contributed by atoms with Gasteiger partial charge < -0.3 is 15.4 Å². The second-order valence-electron chi connectivity index (χ2n) is 2.42. The van der Waals surface area contributed by atoms with Crippen LogP contribution in [0.15, 0.2) is 0 Å². The van der Waals surface area contributed by atoms with E-state index in [9.17, 15) is 4.79 Å². The number of aromatic nitrogens is 2. The Bertz CT molecular complexity index is 288. The number of carboxylic acids is 1. The molecule has 66 valence electrons. The van der Waals surface area contributed by atoms with Crippen molar-refractivity contribution in [1.29, 1.82) is 0 Å². The molecule has 0 radical (unpaired) electrons. The molecule has 1 aromatic rings. The zero-order valence-electron chi connectivity index (χ0n) is 6.13. The maximum atomic E-state index is 10.4. The number of carboxylic acid groups (broad SMARTS) is 1. The van der Waals surface area contributed by atoms with E-state index in [4.69, 9.17) is 5.11 Å². The Labute approximate surface area is 74.6 Å². The van der Waals surface area contributed by atoms with E-state index in [1.807, 2.05) is 0 Å². The number of H-pyrrole nitrogens is 1. The molecule has 0 fully saturated rings. The third-order valence-electron chi connectivity index (χ3n) is 1.66. The second kappa shape index (κ2) is 3.12. The fraction of sp³-hybridized carbons (Fsp3) is 0.333. The standard InChI is InChI=1S/C6H7N3O2.ClH/c10-6(11)5-8-3-1-7-2-4(3)9-5;/h7H,1-2H2,(H,8,9)(H,10,11);1H. The third-order valence-corrected chi connectivity index (χ3v) is 1.66. The molecule has 0 aliphatic carbocycles. The van der Waals surface area contributed by atoms with E-state index in [1.165, 1.54) is 0 Å². The first kappa shape index (κ1) is 9.02. The summed E-state index contributed by atoms with van der Waals surface area (Å²) >= 11 is 0. The lowest BCUT2D eigenvalue weighted by atomic mass is 10.4. The van der Waals surface area contributed by atoms with Gasteiger partial charge in [-0.25, -0.2) is 9.78 Å². The van der Waals surface area contributed by atoms with Gasteiger partial charge in [-0.3, -0.25) is 0 Å². The van der Waals surface area contributed by atoms with Crippen molar-refractivity contribution >= 4 is 18.4 Å². The average molecular weight is 190 g/mol. The molecule has 1 aromatic heterocycles. The van der Waals surface area contributed by atoms with Crippen LogP contribution in [-0.2, 0) is 13.1 Å². The number of hydrogen-bond acceptors (Lipinski definition) is 3. The van der Waals surface area contributed by atoms with Gasteiger partial charge in [-0.1, -0.05) is 0 Å². The Kier molecular flexibility index (Phi) is 2.35. The first-order valence-electron chi connectivity index (χ1n) is 3.29. The minimum absolute atomic E-state index is 0. The Hall–Kier alpha value is -1.07. The molecule has 0 saturated carbocycles. The fourth-order valence-electron chi connectivity index (χ4n) is 1.15. The van der Waals surface area contributed by atoms with Crippen LogP contribution >= 0.6 is 12.4 Å². The Balaban J connectivity index is 0.000000720. The fourth-order valence-corrected chi connectivity index (χ4v) is 1.15. The number of aromatic carboxylic acids is 1. The van der Waals surface area contributed by atoms with Crippen molar-refractivity contribution in [1.82, 2.24) is 15.3 Å². The number of imidazole rings is 1. The molecule has 0 amide bonds. The summed E-state index contributed by atoms with van der Waals surface area (Å²) in [5.41, 5.74) is 1.71. The number of rotatable bonds is 1. The van der Waals surface area contributed by atoms with Crippen LogP contribution < -0.4 is 5.32 Å². The van der Waals surface area contributed by atoms with Crippen LogP contribution in [0.4, 0.5) is 0 Å². The largest absolute Gasteiger partial charge is 0.475 e. The summed E-state index contributed by atoms with van der Waals surface area (Å²) < 4.78 is 0. The lowest BCUT2D eigenvalue weighted by Gasteiger charge is -1.88. The number of fused-ring (bicyclic) bond motifs is 1. The summed E-state index contributed by atoms with van der Waals surface area (Å²) in [6, 6.07) is 0. The van der Waals surface area contributed by atoms with Gasteiger partial charge in [0.2, 0.25) is 5.82 Å². The maximum absolute atomic E-state index is 10.4. The van der Waals surface area contributed by atoms with Crippen molar-refractivity contribution in [3.63, 3.8) is 0 Å². The molecule has 1 aliphatic heterocycles. The SMILES string of the molecule is Cl.O=C(O)c1nc2c([nH]1)CNC2. The van der Waals surface area contributed by atoms with Crippen LogP contribution in [0.25, 0.3) is 0 Å². The lowest BCUT2D eigenvalue weighted by Crippen LogP contribution is -2.06. The van der Waals surface area contributed by atoms with Gasteiger partial charge in [-0.2, -0.15) is 0 Å². The van der Waals surface area contributed by atoms with Gasteiger partial charge >= 0.3 is 5.97 Å². The molecule has 0 unspecified atom stereocenters. The van der Waals surface area contributed by atoms with Gasteiger partial charge in [0.1, 0.15) is 0 Å². The average Bonchev–Trinajstić information content (AvgIpc) is 2.40. The summed E-state index contributed by atoms with van der Waals surface area (Å²) in [4.78, 5) is 17.0. The first-order valence-corrected chi connectivity index (χ1v) is 3.29. The van der Waals surface area contributed by atoms with E-state index in [1.54, 1.807) is 0 Å². The summed E-state index contributed by atoms with van der Waals surface area (Å²) in [7, 11) is 0. The van der Waals surface area contributed by atoms with E-state index in [0.717, 1.165) is 11.4 Å². The third kappa shape index (κ3) is 1.28. The zero-order chi connectivity index (χ0) is 7.84. The van der Waals surface area contributed by atoms with Crippen molar-refractivity contribution in [3.8, 4) is 0 Å². The highest BCUT2D eigenvalue weighted by molar-refractivity contribution is 5.85. The molecule has 0 bridgehead atoms. The molecule has 6 heteroatoms. The van der Waals surface area contributed by atoms with Crippen LogP contribution in [0.5, 0.6) is 0 Å². The summed E-state index contributed by atoms with van der Waals surface area (Å²) in [6.07, 6.45) is 0. The van der Waals surface area contributed by atoms with Crippen LogP contribution in [-0.4, -0.2) is 21.0 Å². The van der Waals surface area contributed by atoms with Gasteiger partial charge in [0.25, 0.3) is 0 Å². The molecule has 12 heavy (non-hydrogen) atoms. The number of aromatic amines is 1.